The number of piperidine rings is 1. The van der Waals surface area contributed by atoms with Gasteiger partial charge >= 0.3 is 5.97 Å². The predicted molar refractivity (Wildman–Crippen MR) is 120 cm³/mol. The SMILES string of the molecule is CCOC(=O)C1(CCOc2ccccc2)CCN(Cc2cccc3nccnc23)CC1. The maximum Gasteiger partial charge on any atom is 0.312 e. The first kappa shape index (κ1) is 21.2. The number of hydrogen-bond donors (Lipinski definition) is 0. The number of nitrogens with zero attached hydrogens (tertiary/aromatic N) is 3. The van der Waals surface area contributed by atoms with Crippen molar-refractivity contribution in [1.82, 2.24) is 14.9 Å². The van der Waals surface area contributed by atoms with Gasteiger partial charge in [-0.25, -0.2) is 0 Å². The van der Waals surface area contributed by atoms with Gasteiger partial charge in [-0.3, -0.25) is 19.7 Å². The highest BCUT2D eigenvalue weighted by atomic mass is 16.5. The third-order valence-electron chi connectivity index (χ3n) is 6.09. The summed E-state index contributed by atoms with van der Waals surface area (Å²) in [4.78, 5) is 24.2. The van der Waals surface area contributed by atoms with Gasteiger partial charge in [0.2, 0.25) is 0 Å². The monoisotopic (exact) mass is 419 g/mol. The number of carbonyl (C=O) groups is 1. The minimum atomic E-state index is -0.486. The fourth-order valence-corrected chi connectivity index (χ4v) is 4.28. The molecule has 1 saturated heterocycles. The van der Waals surface area contributed by atoms with Crippen LogP contribution in [0.5, 0.6) is 5.75 Å². The highest BCUT2D eigenvalue weighted by Gasteiger charge is 2.42. The zero-order chi connectivity index (χ0) is 21.5. The molecular weight excluding hydrogens is 390 g/mol. The van der Waals surface area contributed by atoms with Gasteiger partial charge in [0, 0.05) is 18.9 Å². The van der Waals surface area contributed by atoms with Crippen LogP contribution in [0.4, 0.5) is 0 Å². The highest BCUT2D eigenvalue weighted by molar-refractivity contribution is 5.78. The smallest absolute Gasteiger partial charge is 0.312 e. The van der Waals surface area contributed by atoms with E-state index in [0.29, 0.717) is 19.6 Å². The van der Waals surface area contributed by atoms with Crippen molar-refractivity contribution in [2.45, 2.75) is 32.7 Å². The third kappa shape index (κ3) is 5.02. The molecule has 0 N–H and O–H groups in total. The number of ether oxygens (including phenoxy) is 2. The summed E-state index contributed by atoms with van der Waals surface area (Å²) in [6, 6.07) is 15.9. The molecule has 1 aromatic heterocycles. The van der Waals surface area contributed by atoms with Crippen LogP contribution in [0.1, 0.15) is 31.7 Å². The molecular formula is C25H29N3O3. The Bertz CT molecular complexity index is 996. The summed E-state index contributed by atoms with van der Waals surface area (Å²) in [5.41, 5.74) is 2.54. The van der Waals surface area contributed by atoms with Crippen molar-refractivity contribution in [3.8, 4) is 5.75 Å². The Kier molecular flexibility index (Phi) is 6.77. The molecule has 0 unspecified atom stereocenters. The second-order valence-corrected chi connectivity index (χ2v) is 8.03. The summed E-state index contributed by atoms with van der Waals surface area (Å²) in [5.74, 6) is 0.735. The Morgan fingerprint density at radius 2 is 1.81 bits per heavy atom. The zero-order valence-corrected chi connectivity index (χ0v) is 18.0. The summed E-state index contributed by atoms with van der Waals surface area (Å²) in [6.07, 6.45) is 5.65. The van der Waals surface area contributed by atoms with E-state index in [1.807, 2.05) is 49.4 Å². The van der Waals surface area contributed by atoms with Crippen LogP contribution in [0.2, 0.25) is 0 Å². The number of rotatable bonds is 8. The molecule has 4 rings (SSSR count). The number of fused-ring (bicyclic) bond motifs is 1. The lowest BCUT2D eigenvalue weighted by atomic mass is 9.75. The van der Waals surface area contributed by atoms with Crippen molar-refractivity contribution >= 4 is 17.0 Å². The second kappa shape index (κ2) is 9.88. The average molecular weight is 420 g/mol. The van der Waals surface area contributed by atoms with E-state index in [2.05, 4.69) is 20.9 Å². The van der Waals surface area contributed by atoms with Crippen molar-refractivity contribution in [1.29, 1.82) is 0 Å². The summed E-state index contributed by atoms with van der Waals surface area (Å²) in [7, 11) is 0. The fraction of sp³-hybridized carbons (Fsp3) is 0.400. The molecule has 2 aromatic carbocycles. The lowest BCUT2D eigenvalue weighted by molar-refractivity contribution is -0.159. The molecule has 0 radical (unpaired) electrons. The van der Waals surface area contributed by atoms with Gasteiger partial charge in [0.15, 0.2) is 0 Å². The molecule has 0 aliphatic carbocycles. The molecule has 0 atom stereocenters. The minimum Gasteiger partial charge on any atom is -0.494 e. The van der Waals surface area contributed by atoms with Gasteiger partial charge < -0.3 is 9.47 Å². The van der Waals surface area contributed by atoms with E-state index in [9.17, 15) is 4.79 Å². The van der Waals surface area contributed by atoms with Crippen LogP contribution in [-0.2, 0) is 16.1 Å². The van der Waals surface area contributed by atoms with Crippen molar-refractivity contribution in [3.63, 3.8) is 0 Å². The molecule has 2 heterocycles. The third-order valence-corrected chi connectivity index (χ3v) is 6.09. The molecule has 0 saturated carbocycles. The van der Waals surface area contributed by atoms with Gasteiger partial charge in [-0.15, -0.1) is 0 Å². The van der Waals surface area contributed by atoms with Crippen LogP contribution in [-0.4, -0.2) is 47.1 Å². The lowest BCUT2D eigenvalue weighted by Gasteiger charge is -2.40. The Hall–Kier alpha value is -2.99. The summed E-state index contributed by atoms with van der Waals surface area (Å²) >= 11 is 0. The van der Waals surface area contributed by atoms with E-state index in [1.54, 1.807) is 12.4 Å². The van der Waals surface area contributed by atoms with Gasteiger partial charge in [-0.2, -0.15) is 0 Å². The summed E-state index contributed by atoms with van der Waals surface area (Å²) in [6.45, 7) is 5.24. The molecule has 162 valence electrons. The molecule has 0 bridgehead atoms. The second-order valence-electron chi connectivity index (χ2n) is 8.03. The minimum absolute atomic E-state index is 0.0951. The van der Waals surface area contributed by atoms with Crippen LogP contribution >= 0.6 is 0 Å². The first-order valence-corrected chi connectivity index (χ1v) is 11.0. The topological polar surface area (TPSA) is 64.6 Å². The predicted octanol–water partition coefficient (Wildman–Crippen LogP) is 4.24. The average Bonchev–Trinajstić information content (AvgIpc) is 2.81. The molecule has 3 aromatic rings. The first-order valence-electron chi connectivity index (χ1n) is 11.0. The van der Waals surface area contributed by atoms with Crippen molar-refractivity contribution in [3.05, 3.63) is 66.5 Å². The maximum atomic E-state index is 12.9. The quantitative estimate of drug-likeness (QED) is 0.509. The molecule has 0 amide bonds. The van der Waals surface area contributed by atoms with E-state index < -0.39 is 5.41 Å². The summed E-state index contributed by atoms with van der Waals surface area (Å²) in [5, 5.41) is 0. The maximum absolute atomic E-state index is 12.9. The van der Waals surface area contributed by atoms with Crippen LogP contribution in [0.3, 0.4) is 0 Å². The molecule has 1 aliphatic rings. The molecule has 1 aliphatic heterocycles. The molecule has 0 spiro atoms. The molecule has 31 heavy (non-hydrogen) atoms. The van der Waals surface area contributed by atoms with E-state index in [4.69, 9.17) is 9.47 Å². The van der Waals surface area contributed by atoms with Crippen LogP contribution < -0.4 is 4.74 Å². The van der Waals surface area contributed by atoms with Gasteiger partial charge in [-0.05, 0) is 63.0 Å². The van der Waals surface area contributed by atoms with E-state index in [-0.39, 0.29) is 5.97 Å². The highest BCUT2D eigenvalue weighted by Crippen LogP contribution is 2.37. The lowest BCUT2D eigenvalue weighted by Crippen LogP contribution is -2.45. The van der Waals surface area contributed by atoms with E-state index in [1.165, 1.54) is 5.56 Å². The largest absolute Gasteiger partial charge is 0.494 e. The number of esters is 1. The number of para-hydroxylation sites is 2. The van der Waals surface area contributed by atoms with Crippen molar-refractivity contribution in [2.24, 2.45) is 5.41 Å². The number of aromatic nitrogens is 2. The van der Waals surface area contributed by atoms with Gasteiger partial charge in [-0.1, -0.05) is 30.3 Å². The molecule has 6 heteroatoms. The van der Waals surface area contributed by atoms with E-state index >= 15 is 0 Å². The normalized spacial score (nSPS) is 16.2. The molecule has 6 nitrogen and oxygen atoms in total. The van der Waals surface area contributed by atoms with Crippen LogP contribution in [0, 0.1) is 5.41 Å². The Balaban J connectivity index is 1.40. The Morgan fingerprint density at radius 3 is 2.58 bits per heavy atom. The molecule has 1 fully saturated rings. The van der Waals surface area contributed by atoms with Crippen molar-refractivity contribution < 1.29 is 14.3 Å². The number of carbonyl (C=O) groups excluding carboxylic acids is 1. The van der Waals surface area contributed by atoms with Gasteiger partial charge in [0.1, 0.15) is 5.75 Å². The van der Waals surface area contributed by atoms with E-state index in [0.717, 1.165) is 49.3 Å². The van der Waals surface area contributed by atoms with Crippen LogP contribution in [0.15, 0.2) is 60.9 Å². The number of benzene rings is 2. The Morgan fingerprint density at radius 1 is 1.03 bits per heavy atom. The number of hydrogen-bond acceptors (Lipinski definition) is 6. The van der Waals surface area contributed by atoms with Gasteiger partial charge in [0.25, 0.3) is 0 Å². The Labute approximate surface area is 183 Å². The fourth-order valence-electron chi connectivity index (χ4n) is 4.28. The number of likely N-dealkylation sites (tertiary alicyclic amines) is 1. The first-order chi connectivity index (χ1) is 15.2. The summed E-state index contributed by atoms with van der Waals surface area (Å²) < 4.78 is 11.4. The van der Waals surface area contributed by atoms with Gasteiger partial charge in [0.05, 0.1) is 29.7 Å². The van der Waals surface area contributed by atoms with Crippen LogP contribution in [0.25, 0.3) is 11.0 Å². The van der Waals surface area contributed by atoms with Crippen molar-refractivity contribution in [2.75, 3.05) is 26.3 Å². The zero-order valence-electron chi connectivity index (χ0n) is 18.0. The standard InChI is InChI=1S/C25H29N3O3/c1-2-30-24(29)25(13-18-31-21-8-4-3-5-9-21)11-16-28(17-12-25)19-20-7-6-10-22-23(20)27-15-14-26-22/h3-10,14-15H,2,11-13,16-19H2,1H3.